The van der Waals surface area contributed by atoms with Gasteiger partial charge in [-0.25, -0.2) is 0 Å². The van der Waals surface area contributed by atoms with Crippen LogP contribution in [0.4, 0.5) is 5.69 Å². The molecule has 1 unspecified atom stereocenters. The Labute approximate surface area is 124 Å². The minimum atomic E-state index is -0.646. The van der Waals surface area contributed by atoms with Gasteiger partial charge in [-0.3, -0.25) is 9.78 Å². The summed E-state index contributed by atoms with van der Waals surface area (Å²) < 4.78 is 5.27. The van der Waals surface area contributed by atoms with Crippen LogP contribution in [-0.4, -0.2) is 29.2 Å². The van der Waals surface area contributed by atoms with Gasteiger partial charge in [0.1, 0.15) is 11.3 Å². The molecule has 1 amide bonds. The van der Waals surface area contributed by atoms with Gasteiger partial charge in [0.15, 0.2) is 0 Å². The van der Waals surface area contributed by atoms with Gasteiger partial charge < -0.3 is 15.2 Å². The Morgan fingerprint density at radius 3 is 2.81 bits per heavy atom. The molecule has 2 rings (SSSR count). The molecule has 0 saturated carbocycles. The van der Waals surface area contributed by atoms with Gasteiger partial charge in [-0.15, -0.1) is 0 Å². The molecule has 0 fully saturated rings. The normalized spacial score (nSPS) is 12.4. The van der Waals surface area contributed by atoms with Crippen LogP contribution in [0.1, 0.15) is 20.3 Å². The summed E-state index contributed by atoms with van der Waals surface area (Å²) in [6.07, 6.45) is 1.11. The molecule has 112 valence electrons. The Morgan fingerprint density at radius 2 is 2.14 bits per heavy atom. The number of pyridine rings is 1. The van der Waals surface area contributed by atoms with Crippen LogP contribution in [0.3, 0.4) is 0 Å². The number of hydrogen-bond donors (Lipinski definition) is 2. The fraction of sp³-hybridized carbons (Fsp3) is 0.375. The molecule has 0 aliphatic rings. The van der Waals surface area contributed by atoms with Crippen molar-refractivity contribution in [2.24, 2.45) is 5.92 Å². The Balaban J connectivity index is 2.25. The van der Waals surface area contributed by atoms with Crippen LogP contribution in [0.25, 0.3) is 10.9 Å². The molecule has 21 heavy (non-hydrogen) atoms. The molecule has 0 saturated heterocycles. The molecule has 5 nitrogen and oxygen atoms in total. The fourth-order valence-electron chi connectivity index (χ4n) is 2.05. The number of aromatic nitrogens is 1. The lowest BCUT2D eigenvalue weighted by atomic mass is 10.0. The number of nitrogens with zero attached hydrogens (tertiary/aromatic N) is 1. The highest BCUT2D eigenvalue weighted by molar-refractivity contribution is 6.02. The predicted molar refractivity (Wildman–Crippen MR) is 82.4 cm³/mol. The molecule has 0 aliphatic heterocycles. The maximum absolute atomic E-state index is 12.0. The summed E-state index contributed by atoms with van der Waals surface area (Å²) in [7, 11) is 1.58. The average molecular weight is 288 g/mol. The number of methoxy groups -OCH3 is 1. The van der Waals surface area contributed by atoms with E-state index in [-0.39, 0.29) is 18.2 Å². The predicted octanol–water partition coefficient (Wildman–Crippen LogP) is 2.59. The third-order valence-electron chi connectivity index (χ3n) is 3.39. The zero-order valence-electron chi connectivity index (χ0n) is 12.5. The van der Waals surface area contributed by atoms with Crippen molar-refractivity contribution in [2.45, 2.75) is 26.4 Å². The molecule has 1 atom stereocenters. The molecule has 2 aromatic rings. The highest BCUT2D eigenvalue weighted by Gasteiger charge is 2.16. The van der Waals surface area contributed by atoms with E-state index in [1.807, 2.05) is 19.9 Å². The Bertz CT molecular complexity index is 640. The first-order valence-corrected chi connectivity index (χ1v) is 6.92. The van der Waals surface area contributed by atoms with Crippen LogP contribution in [0.2, 0.25) is 0 Å². The molecule has 2 N–H and O–H groups in total. The zero-order valence-corrected chi connectivity index (χ0v) is 12.5. The smallest absolute Gasteiger partial charge is 0.227 e. The lowest BCUT2D eigenvalue weighted by molar-refractivity contribution is -0.118. The number of nitrogens with one attached hydrogen (secondary N) is 1. The Hall–Kier alpha value is -2.14. The number of carbonyl (C=O) groups is 1. The van der Waals surface area contributed by atoms with Gasteiger partial charge in [0, 0.05) is 11.6 Å². The number of anilines is 1. The van der Waals surface area contributed by atoms with Crippen molar-refractivity contribution in [1.29, 1.82) is 0 Å². The van der Waals surface area contributed by atoms with E-state index in [0.717, 1.165) is 5.39 Å². The number of ether oxygens (including phenoxy) is 1. The molecule has 0 aliphatic carbocycles. The van der Waals surface area contributed by atoms with Crippen LogP contribution < -0.4 is 10.1 Å². The molecule has 5 heteroatoms. The number of hydrogen-bond acceptors (Lipinski definition) is 4. The van der Waals surface area contributed by atoms with Crippen molar-refractivity contribution >= 4 is 22.5 Å². The second-order valence-corrected chi connectivity index (χ2v) is 5.28. The van der Waals surface area contributed by atoms with E-state index in [0.29, 0.717) is 17.0 Å². The van der Waals surface area contributed by atoms with Crippen molar-refractivity contribution in [2.75, 3.05) is 12.4 Å². The average Bonchev–Trinajstić information content (AvgIpc) is 2.47. The fourth-order valence-corrected chi connectivity index (χ4v) is 2.05. The third kappa shape index (κ3) is 3.49. The minimum Gasteiger partial charge on any atom is -0.494 e. The van der Waals surface area contributed by atoms with E-state index in [2.05, 4.69) is 10.3 Å². The van der Waals surface area contributed by atoms with Crippen molar-refractivity contribution in [3.63, 3.8) is 0 Å². The lowest BCUT2D eigenvalue weighted by Crippen LogP contribution is -2.23. The first-order valence-electron chi connectivity index (χ1n) is 6.92. The number of amides is 1. The summed E-state index contributed by atoms with van der Waals surface area (Å²) >= 11 is 0. The molecule has 0 radical (unpaired) electrons. The van der Waals surface area contributed by atoms with E-state index in [9.17, 15) is 9.90 Å². The highest BCUT2D eigenvalue weighted by Crippen LogP contribution is 2.29. The SMILES string of the molecule is COc1ccc(NC(=O)CC(O)C(C)C)c2cccnc12. The van der Waals surface area contributed by atoms with E-state index in [4.69, 9.17) is 4.74 Å². The topological polar surface area (TPSA) is 71.5 Å². The third-order valence-corrected chi connectivity index (χ3v) is 3.39. The Kier molecular flexibility index (Phi) is 4.75. The number of aliphatic hydroxyl groups is 1. The van der Waals surface area contributed by atoms with Gasteiger partial charge in [-0.05, 0) is 30.2 Å². The molecular weight excluding hydrogens is 268 g/mol. The van der Waals surface area contributed by atoms with Crippen LogP contribution in [0, 0.1) is 5.92 Å². The summed E-state index contributed by atoms with van der Waals surface area (Å²) in [5.41, 5.74) is 1.36. The second kappa shape index (κ2) is 6.54. The first kappa shape index (κ1) is 15.3. The van der Waals surface area contributed by atoms with E-state index >= 15 is 0 Å². The molecular formula is C16H20N2O3. The maximum Gasteiger partial charge on any atom is 0.227 e. The van der Waals surface area contributed by atoms with Gasteiger partial charge in [0.25, 0.3) is 0 Å². The standard InChI is InChI=1S/C16H20N2O3/c1-10(2)13(19)9-15(20)18-12-6-7-14(21-3)16-11(12)5-4-8-17-16/h4-8,10,13,19H,9H2,1-3H3,(H,18,20). The van der Waals surface area contributed by atoms with Crippen molar-refractivity contribution in [3.05, 3.63) is 30.5 Å². The molecule has 1 heterocycles. The summed E-state index contributed by atoms with van der Waals surface area (Å²) in [6, 6.07) is 7.23. The van der Waals surface area contributed by atoms with Crippen molar-refractivity contribution in [1.82, 2.24) is 4.98 Å². The highest BCUT2D eigenvalue weighted by atomic mass is 16.5. The van der Waals surface area contributed by atoms with Gasteiger partial charge in [0.2, 0.25) is 5.91 Å². The number of carbonyl (C=O) groups excluding carboxylic acids is 1. The molecule has 0 spiro atoms. The van der Waals surface area contributed by atoms with Gasteiger partial charge in [-0.2, -0.15) is 0 Å². The quantitative estimate of drug-likeness (QED) is 0.887. The number of aliphatic hydroxyl groups excluding tert-OH is 1. The van der Waals surface area contributed by atoms with Crippen molar-refractivity contribution in [3.8, 4) is 5.75 Å². The van der Waals surface area contributed by atoms with Crippen LogP contribution in [0.5, 0.6) is 5.75 Å². The molecule has 0 bridgehead atoms. The van der Waals surface area contributed by atoms with E-state index in [1.165, 1.54) is 0 Å². The zero-order chi connectivity index (χ0) is 15.4. The lowest BCUT2D eigenvalue weighted by Gasteiger charge is -2.15. The summed E-state index contributed by atoms with van der Waals surface area (Å²) in [5.74, 6) is 0.488. The van der Waals surface area contributed by atoms with E-state index in [1.54, 1.807) is 31.5 Å². The van der Waals surface area contributed by atoms with E-state index < -0.39 is 6.10 Å². The van der Waals surface area contributed by atoms with Gasteiger partial charge in [-0.1, -0.05) is 13.8 Å². The van der Waals surface area contributed by atoms with Crippen molar-refractivity contribution < 1.29 is 14.6 Å². The summed E-state index contributed by atoms with van der Waals surface area (Å²) in [6.45, 7) is 3.76. The minimum absolute atomic E-state index is 0.0463. The summed E-state index contributed by atoms with van der Waals surface area (Å²) in [4.78, 5) is 16.3. The number of fused-ring (bicyclic) bond motifs is 1. The van der Waals surface area contributed by atoms with Crippen LogP contribution in [0.15, 0.2) is 30.5 Å². The first-order chi connectivity index (χ1) is 10.0. The largest absolute Gasteiger partial charge is 0.494 e. The van der Waals surface area contributed by atoms with Crippen LogP contribution in [-0.2, 0) is 4.79 Å². The molecule has 1 aromatic heterocycles. The second-order valence-electron chi connectivity index (χ2n) is 5.28. The maximum atomic E-state index is 12.0. The van der Waals surface area contributed by atoms with Gasteiger partial charge >= 0.3 is 0 Å². The number of rotatable bonds is 5. The van der Waals surface area contributed by atoms with Gasteiger partial charge in [0.05, 0.1) is 25.3 Å². The Morgan fingerprint density at radius 1 is 1.38 bits per heavy atom. The summed E-state index contributed by atoms with van der Waals surface area (Å²) in [5, 5.41) is 13.4. The number of benzene rings is 1. The van der Waals surface area contributed by atoms with Crippen LogP contribution >= 0.6 is 0 Å². The monoisotopic (exact) mass is 288 g/mol. The molecule has 1 aromatic carbocycles.